The van der Waals surface area contributed by atoms with Gasteiger partial charge in [0, 0.05) is 43.8 Å². The second-order valence-corrected chi connectivity index (χ2v) is 27.3. The zero-order valence-corrected chi connectivity index (χ0v) is 44.4. The summed E-state index contributed by atoms with van der Waals surface area (Å²) < 4.78 is 32.7. The first-order valence-corrected chi connectivity index (χ1v) is 26.1. The molecule has 3 aliphatic heterocycles. The van der Waals surface area contributed by atoms with Gasteiger partial charge >= 0.3 is 0 Å². The Labute approximate surface area is 415 Å². The molecule has 0 spiro atoms. The lowest BCUT2D eigenvalue weighted by atomic mass is 9.35. The highest BCUT2D eigenvalue weighted by Crippen LogP contribution is 2.62. The Balaban J connectivity index is 1.26. The molecule has 2 unspecified atom stereocenters. The molecule has 11 rings (SSSR count). The second kappa shape index (κ2) is 14.4. The molecule has 4 heteroatoms. The van der Waals surface area contributed by atoms with Crippen molar-refractivity contribution in [3.05, 3.63) is 135 Å². The van der Waals surface area contributed by atoms with E-state index in [0.717, 1.165) is 54.6 Å². The smallest absolute Gasteiger partial charge is 0.295 e. The molecule has 3 nitrogen and oxygen atoms in total. The van der Waals surface area contributed by atoms with E-state index in [4.69, 9.17) is 8.85 Å². The maximum absolute atomic E-state index is 8.26. The monoisotopic (exact) mass is 906 g/mol. The number of benzene rings is 5. The maximum Gasteiger partial charge on any atom is 0.295 e. The molecule has 5 aromatic carbocycles. The van der Waals surface area contributed by atoms with Gasteiger partial charge in [-0.05, 0) is 177 Å². The lowest BCUT2D eigenvalue weighted by molar-refractivity contribution is -0.0623. The number of ether oxygens (including phenoxy) is 1. The van der Waals surface area contributed by atoms with Crippen LogP contribution in [0.15, 0.2) is 96.3 Å². The number of nitrogens with zero attached hydrogens (tertiary/aromatic N) is 2. The molecule has 0 radical (unpaired) electrons. The summed E-state index contributed by atoms with van der Waals surface area (Å²) >= 11 is 0. The first-order chi connectivity index (χ1) is 32.8. The summed E-state index contributed by atoms with van der Waals surface area (Å²) in [7, 11) is 0. The van der Waals surface area contributed by atoms with Crippen LogP contribution in [0.25, 0.3) is 11.1 Å². The summed E-state index contributed by atoms with van der Waals surface area (Å²) in [6, 6.07) is 32.4. The van der Waals surface area contributed by atoms with Crippen molar-refractivity contribution in [2.24, 2.45) is 16.7 Å². The number of anilines is 5. The summed E-state index contributed by atoms with van der Waals surface area (Å²) in [4.78, 5) is 5.31. The third-order valence-corrected chi connectivity index (χ3v) is 18.6. The molecular weight excluding hydrogens is 824 g/mol. The average Bonchev–Trinajstić information content (AvgIpc) is 3.70. The molecular formula is C64H79BN2O. The Kier molecular flexibility index (Phi) is 8.97. The van der Waals surface area contributed by atoms with E-state index >= 15 is 0 Å². The SMILES string of the molecule is [2H]C([2H])([2H])c1ccc(-c2cc(C(C)(C)C)ccc2N2c3cc4c(cc3B3C5=C(C6C(O5)C(C)(C)CCC6(C)C)N(c5ccc6c(c5)C(C)(C)CCC6(C)C)c5cc(C)cc2c53)C(C)(C)CCC4(C)C)cc1. The molecule has 0 amide bonds. The van der Waals surface area contributed by atoms with Gasteiger partial charge in [-0.2, -0.15) is 0 Å². The van der Waals surface area contributed by atoms with E-state index in [9.17, 15) is 0 Å². The Bertz CT molecular complexity index is 3090. The van der Waals surface area contributed by atoms with Crippen molar-refractivity contribution in [1.82, 2.24) is 0 Å². The number of fused-ring (bicyclic) bond motifs is 7. The van der Waals surface area contributed by atoms with E-state index in [0.29, 0.717) is 5.56 Å². The number of hydrogen-bond donors (Lipinski definition) is 0. The molecule has 0 aromatic heterocycles. The Morgan fingerprint density at radius 1 is 0.559 bits per heavy atom. The molecule has 3 heterocycles. The predicted molar refractivity (Wildman–Crippen MR) is 291 cm³/mol. The predicted octanol–water partition coefficient (Wildman–Crippen LogP) is 16.1. The van der Waals surface area contributed by atoms with Crippen LogP contribution >= 0.6 is 0 Å². The van der Waals surface area contributed by atoms with Crippen LogP contribution in [0.3, 0.4) is 0 Å². The van der Waals surface area contributed by atoms with Crippen LogP contribution in [0.5, 0.6) is 0 Å². The van der Waals surface area contributed by atoms with E-state index in [1.165, 1.54) is 79.2 Å². The fraction of sp³-hybridized carbons (Fsp3) is 0.500. The molecule has 0 bridgehead atoms. The van der Waals surface area contributed by atoms with Gasteiger partial charge in [-0.15, -0.1) is 0 Å². The van der Waals surface area contributed by atoms with Crippen LogP contribution in [-0.2, 0) is 31.8 Å². The summed E-state index contributed by atoms with van der Waals surface area (Å²) in [5, 5.41) is 0. The quantitative estimate of drug-likeness (QED) is 0.168. The number of aryl methyl sites for hydroxylation is 2. The van der Waals surface area contributed by atoms with Gasteiger partial charge in [0.15, 0.2) is 0 Å². The summed E-state index contributed by atoms with van der Waals surface area (Å²) in [6.45, 7) is 36.3. The van der Waals surface area contributed by atoms with Crippen molar-refractivity contribution in [1.29, 1.82) is 0 Å². The highest BCUT2D eigenvalue weighted by Gasteiger charge is 2.61. The minimum atomic E-state index is -2.19. The van der Waals surface area contributed by atoms with Crippen molar-refractivity contribution < 1.29 is 8.85 Å². The maximum atomic E-state index is 8.26. The van der Waals surface area contributed by atoms with Crippen LogP contribution < -0.4 is 20.7 Å². The van der Waals surface area contributed by atoms with Gasteiger partial charge in [0.1, 0.15) is 6.10 Å². The average molecular weight is 906 g/mol. The first kappa shape index (κ1) is 42.2. The molecule has 0 saturated heterocycles. The van der Waals surface area contributed by atoms with Gasteiger partial charge in [-0.25, -0.2) is 0 Å². The van der Waals surface area contributed by atoms with Crippen molar-refractivity contribution >= 4 is 46.1 Å². The lowest BCUT2D eigenvalue weighted by Crippen LogP contribution is -2.57. The van der Waals surface area contributed by atoms with Crippen molar-refractivity contribution in [2.75, 3.05) is 9.80 Å². The van der Waals surface area contributed by atoms with Crippen LogP contribution in [0.4, 0.5) is 28.4 Å². The fourth-order valence-electron chi connectivity index (χ4n) is 13.8. The summed E-state index contributed by atoms with van der Waals surface area (Å²) in [5.74, 6) is 0.183. The summed E-state index contributed by atoms with van der Waals surface area (Å²) in [6.07, 6.45) is 6.85. The summed E-state index contributed by atoms with van der Waals surface area (Å²) in [5.41, 5.74) is 21.7. The van der Waals surface area contributed by atoms with E-state index < -0.39 is 6.85 Å². The normalized spacial score (nSPS) is 24.8. The zero-order chi connectivity index (χ0) is 51.1. The molecule has 5 aromatic rings. The third-order valence-electron chi connectivity index (χ3n) is 18.6. The molecule has 1 fully saturated rings. The van der Waals surface area contributed by atoms with Crippen LogP contribution in [0.2, 0.25) is 0 Å². The Morgan fingerprint density at radius 3 is 1.75 bits per heavy atom. The highest BCUT2D eigenvalue weighted by molar-refractivity contribution is 6.94. The molecule has 2 atom stereocenters. The minimum absolute atomic E-state index is 0.000644. The fourth-order valence-corrected chi connectivity index (χ4v) is 13.8. The Hall–Kier alpha value is -4.70. The van der Waals surface area contributed by atoms with Crippen molar-refractivity contribution in [3.63, 3.8) is 0 Å². The second-order valence-electron chi connectivity index (χ2n) is 27.3. The van der Waals surface area contributed by atoms with Gasteiger partial charge in [-0.3, -0.25) is 0 Å². The molecule has 3 aliphatic carbocycles. The lowest BCUT2D eigenvalue weighted by Gasteiger charge is -2.50. The van der Waals surface area contributed by atoms with E-state index in [1.54, 1.807) is 12.1 Å². The van der Waals surface area contributed by atoms with E-state index in [2.05, 4.69) is 181 Å². The van der Waals surface area contributed by atoms with Gasteiger partial charge in [-0.1, -0.05) is 152 Å². The van der Waals surface area contributed by atoms with Gasteiger partial charge in [0.2, 0.25) is 0 Å². The van der Waals surface area contributed by atoms with Crippen LogP contribution in [0.1, 0.15) is 185 Å². The van der Waals surface area contributed by atoms with Crippen molar-refractivity contribution in [3.8, 4) is 11.1 Å². The molecule has 354 valence electrons. The standard InChI is InChI=1S/C64H79BN2O/c1-38-18-20-40(21-19-38)43-34-41(58(3,4)5)22-25-49(43)67-50-37-47-46(61(10,11)28-29-62(47,12)13)36-48(50)65-54-51(32-39(2)33-52(54)67)66(42-23-24-44-45(35-42)60(8,9)27-26-59(44,6)7)55-53-56(68-57(55)65)64(16,17)31-30-63(53,14)15/h18-25,32-37,53,56H,26-31H2,1-17H3/i1D3. The number of rotatable bonds is 3. The van der Waals surface area contributed by atoms with Crippen LogP contribution in [-0.4, -0.2) is 12.8 Å². The highest BCUT2D eigenvalue weighted by atomic mass is 16.5. The first-order valence-electron chi connectivity index (χ1n) is 27.6. The molecule has 0 N–H and O–H groups in total. The van der Waals surface area contributed by atoms with Gasteiger partial charge < -0.3 is 14.5 Å². The van der Waals surface area contributed by atoms with E-state index in [1.807, 2.05) is 12.1 Å². The molecule has 6 aliphatic rings. The molecule has 68 heavy (non-hydrogen) atoms. The number of hydrogen-bond acceptors (Lipinski definition) is 3. The van der Waals surface area contributed by atoms with E-state index in [-0.39, 0.29) is 56.6 Å². The zero-order valence-electron chi connectivity index (χ0n) is 47.4. The third kappa shape index (κ3) is 6.71. The topological polar surface area (TPSA) is 15.7 Å². The minimum Gasteiger partial charge on any atom is -0.501 e. The largest absolute Gasteiger partial charge is 0.501 e. The Morgan fingerprint density at radius 2 is 1.13 bits per heavy atom. The van der Waals surface area contributed by atoms with Gasteiger partial charge in [0.05, 0.1) is 17.0 Å². The molecule has 1 saturated carbocycles. The van der Waals surface area contributed by atoms with Crippen LogP contribution in [0, 0.1) is 30.5 Å². The van der Waals surface area contributed by atoms with Crippen molar-refractivity contribution in [2.45, 2.75) is 189 Å². The van der Waals surface area contributed by atoms with Gasteiger partial charge in [0.25, 0.3) is 6.71 Å².